The highest BCUT2D eigenvalue weighted by molar-refractivity contribution is 5.92. The zero-order valence-electron chi connectivity index (χ0n) is 13.4. The van der Waals surface area contributed by atoms with E-state index in [1.807, 2.05) is 0 Å². The Kier molecular flexibility index (Phi) is 5.95. The largest absolute Gasteiger partial charge is 0.327 e. The highest BCUT2D eigenvalue weighted by Crippen LogP contribution is 2.15. The maximum atomic E-state index is 12.1. The number of benzene rings is 1. The first kappa shape index (κ1) is 16.5. The topological polar surface area (TPSA) is 62.6 Å². The predicted octanol–water partition coefficient (Wildman–Crippen LogP) is 1.43. The first-order valence-corrected chi connectivity index (χ1v) is 8.04. The van der Waals surface area contributed by atoms with Gasteiger partial charge in [-0.25, -0.2) is 0 Å². The normalized spacial score (nSPS) is 16.8. The van der Waals surface area contributed by atoms with Gasteiger partial charge in [-0.2, -0.15) is 0 Å². The van der Waals surface area contributed by atoms with Gasteiger partial charge in [0.05, 0.1) is 13.1 Å². The van der Waals surface area contributed by atoms with Crippen molar-refractivity contribution in [2.45, 2.75) is 45.1 Å². The molecule has 3 N–H and O–H groups in total. The minimum atomic E-state index is -0.102. The number of nitrogens with one attached hydrogen (secondary N) is 3. The van der Waals surface area contributed by atoms with Gasteiger partial charge in [-0.1, -0.05) is 6.42 Å². The summed E-state index contributed by atoms with van der Waals surface area (Å²) in [6.45, 7) is 1.97. The Labute approximate surface area is 132 Å². The predicted molar refractivity (Wildman–Crippen MR) is 88.0 cm³/mol. The van der Waals surface area contributed by atoms with E-state index in [0.29, 0.717) is 12.6 Å². The minimum absolute atomic E-state index is 0.0374. The van der Waals surface area contributed by atoms with Gasteiger partial charge in [0, 0.05) is 18.3 Å². The second-order valence-corrected chi connectivity index (χ2v) is 6.16. The van der Waals surface area contributed by atoms with E-state index in [2.05, 4.69) is 17.7 Å². The van der Waals surface area contributed by atoms with E-state index in [-0.39, 0.29) is 11.8 Å². The van der Waals surface area contributed by atoms with Crippen LogP contribution in [0.1, 0.15) is 39.0 Å². The molecule has 5 nitrogen and oxygen atoms in total. The average Bonchev–Trinajstić information content (AvgIpc) is 2.49. The molecular weight excluding hydrogens is 278 g/mol. The van der Waals surface area contributed by atoms with Crippen LogP contribution >= 0.6 is 0 Å². The molecule has 2 amide bonds. The SMILES string of the molecule is CC(=O)Nc1ccc(NC(=O)C[NH+](C)C2CCCCC2)cc1. The number of hydrogen-bond donors (Lipinski definition) is 3. The van der Waals surface area contributed by atoms with Crippen molar-refractivity contribution in [2.75, 3.05) is 24.2 Å². The fourth-order valence-corrected chi connectivity index (χ4v) is 3.04. The molecule has 2 rings (SSSR count). The van der Waals surface area contributed by atoms with Gasteiger partial charge in [-0.15, -0.1) is 0 Å². The Hall–Kier alpha value is -1.88. The number of amides is 2. The lowest BCUT2D eigenvalue weighted by Crippen LogP contribution is -3.14. The summed E-state index contributed by atoms with van der Waals surface area (Å²) in [5.41, 5.74) is 1.49. The molecule has 1 aliphatic carbocycles. The summed E-state index contributed by atoms with van der Waals surface area (Å²) >= 11 is 0. The molecule has 1 unspecified atom stereocenters. The van der Waals surface area contributed by atoms with Crippen LogP contribution in [-0.4, -0.2) is 31.4 Å². The van der Waals surface area contributed by atoms with Crippen molar-refractivity contribution < 1.29 is 14.5 Å². The molecule has 0 aliphatic heterocycles. The van der Waals surface area contributed by atoms with E-state index >= 15 is 0 Å². The van der Waals surface area contributed by atoms with Gasteiger partial charge in [-0.3, -0.25) is 9.59 Å². The van der Waals surface area contributed by atoms with Crippen LogP contribution in [0.25, 0.3) is 0 Å². The lowest BCUT2D eigenvalue weighted by atomic mass is 9.94. The van der Waals surface area contributed by atoms with E-state index in [1.54, 1.807) is 24.3 Å². The van der Waals surface area contributed by atoms with Crippen LogP contribution < -0.4 is 15.5 Å². The Morgan fingerprint density at radius 2 is 1.59 bits per heavy atom. The zero-order chi connectivity index (χ0) is 15.9. The summed E-state index contributed by atoms with van der Waals surface area (Å²) in [4.78, 5) is 24.4. The van der Waals surface area contributed by atoms with Crippen LogP contribution in [0.5, 0.6) is 0 Å². The van der Waals surface area contributed by atoms with Crippen molar-refractivity contribution in [3.8, 4) is 0 Å². The number of rotatable bonds is 5. The van der Waals surface area contributed by atoms with Crippen molar-refractivity contribution in [1.29, 1.82) is 0 Å². The smallest absolute Gasteiger partial charge is 0.279 e. The summed E-state index contributed by atoms with van der Waals surface area (Å²) in [5.74, 6) is -0.0650. The molecule has 0 saturated heterocycles. The molecule has 0 spiro atoms. The lowest BCUT2D eigenvalue weighted by Gasteiger charge is -2.27. The van der Waals surface area contributed by atoms with Crippen LogP contribution in [0.4, 0.5) is 11.4 Å². The Balaban J connectivity index is 1.82. The lowest BCUT2D eigenvalue weighted by molar-refractivity contribution is -0.899. The standard InChI is InChI=1S/C17H25N3O2/c1-13(21)18-14-8-10-15(11-9-14)19-17(22)12-20(2)16-6-4-3-5-7-16/h8-11,16H,3-7,12H2,1-2H3,(H,18,21)(H,19,22)/p+1. The van der Waals surface area contributed by atoms with Crippen molar-refractivity contribution in [1.82, 2.24) is 0 Å². The fraction of sp³-hybridized carbons (Fsp3) is 0.529. The third-order valence-corrected chi connectivity index (χ3v) is 4.23. The molecule has 0 aromatic heterocycles. The van der Waals surface area contributed by atoms with Gasteiger partial charge in [0.15, 0.2) is 6.54 Å². The van der Waals surface area contributed by atoms with Crippen molar-refractivity contribution >= 4 is 23.2 Å². The van der Waals surface area contributed by atoms with Crippen LogP contribution in [0, 0.1) is 0 Å². The quantitative estimate of drug-likeness (QED) is 0.770. The molecule has 1 atom stereocenters. The number of hydrogen-bond acceptors (Lipinski definition) is 2. The van der Waals surface area contributed by atoms with Gasteiger partial charge in [0.1, 0.15) is 0 Å². The number of likely N-dealkylation sites (N-methyl/N-ethyl adjacent to an activating group) is 1. The summed E-state index contributed by atoms with van der Waals surface area (Å²) in [7, 11) is 2.11. The molecule has 120 valence electrons. The molecule has 22 heavy (non-hydrogen) atoms. The third kappa shape index (κ3) is 5.15. The molecule has 5 heteroatoms. The molecule has 0 bridgehead atoms. The number of carbonyl (C=O) groups excluding carboxylic acids is 2. The molecule has 1 saturated carbocycles. The third-order valence-electron chi connectivity index (χ3n) is 4.23. The van der Waals surface area contributed by atoms with Gasteiger partial charge < -0.3 is 15.5 Å². The average molecular weight is 304 g/mol. The first-order valence-electron chi connectivity index (χ1n) is 8.04. The number of carbonyl (C=O) groups is 2. The van der Waals surface area contributed by atoms with E-state index in [4.69, 9.17) is 0 Å². The van der Waals surface area contributed by atoms with E-state index < -0.39 is 0 Å². The molecule has 1 fully saturated rings. The maximum absolute atomic E-state index is 12.1. The van der Waals surface area contributed by atoms with Crippen LogP contribution in [0.3, 0.4) is 0 Å². The maximum Gasteiger partial charge on any atom is 0.279 e. The van der Waals surface area contributed by atoms with Gasteiger partial charge >= 0.3 is 0 Å². The summed E-state index contributed by atoms with van der Waals surface area (Å²) in [6.07, 6.45) is 6.36. The molecular formula is C17H26N3O2+. The molecule has 1 aromatic rings. The van der Waals surface area contributed by atoms with E-state index in [9.17, 15) is 9.59 Å². The van der Waals surface area contributed by atoms with Crippen LogP contribution in [-0.2, 0) is 9.59 Å². The van der Waals surface area contributed by atoms with Crippen molar-refractivity contribution in [3.05, 3.63) is 24.3 Å². The van der Waals surface area contributed by atoms with Gasteiger partial charge in [-0.05, 0) is 49.9 Å². The van der Waals surface area contributed by atoms with E-state index in [0.717, 1.165) is 11.4 Å². The van der Waals surface area contributed by atoms with Crippen LogP contribution in [0.15, 0.2) is 24.3 Å². The highest BCUT2D eigenvalue weighted by Gasteiger charge is 2.23. The minimum Gasteiger partial charge on any atom is -0.327 e. The summed E-state index contributed by atoms with van der Waals surface area (Å²) < 4.78 is 0. The molecule has 0 radical (unpaired) electrons. The number of quaternary nitrogens is 1. The second-order valence-electron chi connectivity index (χ2n) is 6.16. The van der Waals surface area contributed by atoms with Crippen LogP contribution in [0.2, 0.25) is 0 Å². The fourth-order valence-electron chi connectivity index (χ4n) is 3.04. The van der Waals surface area contributed by atoms with Crippen molar-refractivity contribution in [2.24, 2.45) is 0 Å². The molecule has 0 heterocycles. The first-order chi connectivity index (χ1) is 10.5. The van der Waals surface area contributed by atoms with Crippen molar-refractivity contribution in [3.63, 3.8) is 0 Å². The monoisotopic (exact) mass is 304 g/mol. The Morgan fingerprint density at radius 3 is 2.14 bits per heavy atom. The number of anilines is 2. The molecule has 1 aliphatic rings. The Bertz CT molecular complexity index is 507. The summed E-state index contributed by atoms with van der Waals surface area (Å²) in [5, 5.41) is 5.62. The highest BCUT2D eigenvalue weighted by atomic mass is 16.2. The molecule has 1 aromatic carbocycles. The second kappa shape index (κ2) is 7.94. The van der Waals surface area contributed by atoms with Gasteiger partial charge in [0.2, 0.25) is 5.91 Å². The van der Waals surface area contributed by atoms with Gasteiger partial charge in [0.25, 0.3) is 5.91 Å². The zero-order valence-corrected chi connectivity index (χ0v) is 13.4. The summed E-state index contributed by atoms with van der Waals surface area (Å²) in [6, 6.07) is 7.79. The van der Waals surface area contributed by atoms with E-state index in [1.165, 1.54) is 43.9 Å². The Morgan fingerprint density at radius 1 is 1.05 bits per heavy atom.